The summed E-state index contributed by atoms with van der Waals surface area (Å²) in [6.45, 7) is 9.55. The first-order chi connectivity index (χ1) is 17.8. The summed E-state index contributed by atoms with van der Waals surface area (Å²) < 4.78 is 12.4. The Morgan fingerprint density at radius 1 is 0.361 bits per heavy atom. The molecule has 0 saturated carbocycles. The third-order valence-electron chi connectivity index (χ3n) is 7.68. The maximum Gasteiger partial charge on any atom is 0.0808 e. The second-order valence-corrected chi connectivity index (χ2v) is 11.5. The first-order valence-corrected chi connectivity index (χ1v) is 17.0. The van der Waals surface area contributed by atoms with Crippen molar-refractivity contribution in [2.24, 2.45) is 0 Å². The van der Waals surface area contributed by atoms with Gasteiger partial charge in [-0.3, -0.25) is 0 Å². The Hall–Kier alpha value is -0.0800. The molecule has 0 rings (SSSR count). The molecule has 0 aliphatic heterocycles. The predicted octanol–water partition coefficient (Wildman–Crippen LogP) is 12.0. The van der Waals surface area contributed by atoms with Crippen LogP contribution in [-0.4, -0.2) is 25.9 Å². The molecule has 0 aliphatic rings. The van der Waals surface area contributed by atoms with Crippen LogP contribution in [0.1, 0.15) is 194 Å². The average Bonchev–Trinajstić information content (AvgIpc) is 2.89. The number of hydrogen-bond acceptors (Lipinski definition) is 2. The molecule has 0 spiro atoms. The Labute approximate surface area is 229 Å². The highest BCUT2D eigenvalue weighted by atomic mass is 16.5. The molecule has 2 heteroatoms. The van der Waals surface area contributed by atoms with Gasteiger partial charge in [-0.15, -0.1) is 0 Å². The van der Waals surface area contributed by atoms with Gasteiger partial charge in [0.2, 0.25) is 0 Å². The first-order valence-electron chi connectivity index (χ1n) is 17.0. The summed E-state index contributed by atoms with van der Waals surface area (Å²) >= 11 is 0. The van der Waals surface area contributed by atoms with E-state index in [2.05, 4.69) is 20.8 Å². The van der Waals surface area contributed by atoms with Gasteiger partial charge in [-0.1, -0.05) is 175 Å². The van der Waals surface area contributed by atoms with Crippen LogP contribution in [0.5, 0.6) is 0 Å². The minimum absolute atomic E-state index is 0.317. The molecule has 0 aromatic carbocycles. The zero-order chi connectivity index (χ0) is 26.2. The SMILES string of the molecule is CCCCCCCCCCCCOCC(CCCCCCCC)OCCCCCCCCCCCC. The molecule has 218 valence electrons. The summed E-state index contributed by atoms with van der Waals surface area (Å²) in [6, 6.07) is 0. The van der Waals surface area contributed by atoms with Crippen LogP contribution in [0.2, 0.25) is 0 Å². The summed E-state index contributed by atoms with van der Waals surface area (Å²) in [5.74, 6) is 0. The van der Waals surface area contributed by atoms with Gasteiger partial charge < -0.3 is 9.47 Å². The summed E-state index contributed by atoms with van der Waals surface area (Å²) in [7, 11) is 0. The van der Waals surface area contributed by atoms with Crippen molar-refractivity contribution in [2.75, 3.05) is 19.8 Å². The van der Waals surface area contributed by atoms with E-state index in [1.165, 1.54) is 173 Å². The molecule has 0 aliphatic carbocycles. The van der Waals surface area contributed by atoms with Crippen LogP contribution in [0.15, 0.2) is 0 Å². The number of ether oxygens (including phenoxy) is 2. The van der Waals surface area contributed by atoms with Crippen molar-refractivity contribution < 1.29 is 9.47 Å². The molecule has 1 atom stereocenters. The van der Waals surface area contributed by atoms with E-state index >= 15 is 0 Å². The van der Waals surface area contributed by atoms with Gasteiger partial charge in [-0.05, 0) is 19.3 Å². The fourth-order valence-electron chi connectivity index (χ4n) is 5.11. The molecule has 0 N–H and O–H groups in total. The van der Waals surface area contributed by atoms with E-state index in [0.717, 1.165) is 19.8 Å². The Morgan fingerprint density at radius 3 is 1.11 bits per heavy atom. The highest BCUT2D eigenvalue weighted by Gasteiger charge is 2.09. The average molecular weight is 511 g/mol. The quantitative estimate of drug-likeness (QED) is 0.0837. The number of hydrogen-bond donors (Lipinski definition) is 0. The Kier molecular flexibility index (Phi) is 32.9. The van der Waals surface area contributed by atoms with Gasteiger partial charge in [-0.25, -0.2) is 0 Å². The van der Waals surface area contributed by atoms with Gasteiger partial charge in [0.25, 0.3) is 0 Å². The van der Waals surface area contributed by atoms with Gasteiger partial charge in [0.05, 0.1) is 12.7 Å². The van der Waals surface area contributed by atoms with Crippen molar-refractivity contribution in [3.63, 3.8) is 0 Å². The van der Waals surface area contributed by atoms with Gasteiger partial charge in [0, 0.05) is 13.2 Å². The molecule has 0 amide bonds. The maximum atomic E-state index is 6.32. The molecular formula is C34H70O2. The predicted molar refractivity (Wildman–Crippen MR) is 162 cm³/mol. The van der Waals surface area contributed by atoms with E-state index in [-0.39, 0.29) is 0 Å². The minimum atomic E-state index is 0.317. The maximum absolute atomic E-state index is 6.32. The monoisotopic (exact) mass is 511 g/mol. The van der Waals surface area contributed by atoms with Crippen molar-refractivity contribution in [1.82, 2.24) is 0 Å². The zero-order valence-electron chi connectivity index (χ0n) is 25.6. The Bertz CT molecular complexity index is 370. The highest BCUT2D eigenvalue weighted by molar-refractivity contribution is 4.59. The van der Waals surface area contributed by atoms with Gasteiger partial charge in [0.1, 0.15) is 0 Å². The van der Waals surface area contributed by atoms with E-state index in [1.807, 2.05) is 0 Å². The molecule has 0 heterocycles. The summed E-state index contributed by atoms with van der Waals surface area (Å²) in [6.07, 6.45) is 37.4. The first kappa shape index (κ1) is 35.9. The molecule has 1 unspecified atom stereocenters. The van der Waals surface area contributed by atoms with E-state index in [9.17, 15) is 0 Å². The van der Waals surface area contributed by atoms with Crippen molar-refractivity contribution >= 4 is 0 Å². The normalized spacial score (nSPS) is 12.4. The van der Waals surface area contributed by atoms with Crippen LogP contribution < -0.4 is 0 Å². The van der Waals surface area contributed by atoms with E-state index in [1.54, 1.807) is 0 Å². The second kappa shape index (κ2) is 32.9. The van der Waals surface area contributed by atoms with Crippen LogP contribution in [0, 0.1) is 0 Å². The summed E-state index contributed by atoms with van der Waals surface area (Å²) in [5, 5.41) is 0. The van der Waals surface area contributed by atoms with Crippen LogP contribution >= 0.6 is 0 Å². The minimum Gasteiger partial charge on any atom is -0.379 e. The topological polar surface area (TPSA) is 18.5 Å². The summed E-state index contributed by atoms with van der Waals surface area (Å²) in [4.78, 5) is 0. The molecule has 0 bridgehead atoms. The third kappa shape index (κ3) is 30.1. The van der Waals surface area contributed by atoms with Crippen molar-refractivity contribution in [3.05, 3.63) is 0 Å². The van der Waals surface area contributed by atoms with Crippen LogP contribution in [-0.2, 0) is 9.47 Å². The van der Waals surface area contributed by atoms with E-state index in [0.29, 0.717) is 6.10 Å². The molecule has 2 nitrogen and oxygen atoms in total. The van der Waals surface area contributed by atoms with Crippen LogP contribution in [0.3, 0.4) is 0 Å². The molecule has 0 radical (unpaired) electrons. The largest absolute Gasteiger partial charge is 0.379 e. The van der Waals surface area contributed by atoms with Gasteiger partial charge >= 0.3 is 0 Å². The standard InChI is InChI=1S/C34H70O2/c1-4-7-10-13-16-18-20-22-25-28-31-35-33-34(30-27-24-15-12-9-6-3)36-32-29-26-23-21-19-17-14-11-8-5-2/h34H,4-33H2,1-3H3. The molecule has 0 saturated heterocycles. The fraction of sp³-hybridized carbons (Fsp3) is 1.00. The van der Waals surface area contributed by atoms with Crippen molar-refractivity contribution in [1.29, 1.82) is 0 Å². The Balaban J connectivity index is 3.77. The second-order valence-electron chi connectivity index (χ2n) is 11.5. The fourth-order valence-corrected chi connectivity index (χ4v) is 5.11. The molecular weight excluding hydrogens is 440 g/mol. The van der Waals surface area contributed by atoms with Crippen LogP contribution in [0.4, 0.5) is 0 Å². The van der Waals surface area contributed by atoms with Gasteiger partial charge in [0.15, 0.2) is 0 Å². The number of unbranched alkanes of at least 4 members (excludes halogenated alkanes) is 23. The van der Waals surface area contributed by atoms with Crippen molar-refractivity contribution in [2.45, 2.75) is 200 Å². The van der Waals surface area contributed by atoms with Gasteiger partial charge in [-0.2, -0.15) is 0 Å². The molecule has 0 aromatic heterocycles. The lowest BCUT2D eigenvalue weighted by molar-refractivity contribution is -0.0235. The molecule has 36 heavy (non-hydrogen) atoms. The van der Waals surface area contributed by atoms with Crippen LogP contribution in [0.25, 0.3) is 0 Å². The van der Waals surface area contributed by atoms with E-state index < -0.39 is 0 Å². The van der Waals surface area contributed by atoms with E-state index in [4.69, 9.17) is 9.47 Å². The lowest BCUT2D eigenvalue weighted by Crippen LogP contribution is -2.21. The number of rotatable bonds is 32. The zero-order valence-corrected chi connectivity index (χ0v) is 25.6. The highest BCUT2D eigenvalue weighted by Crippen LogP contribution is 2.14. The molecule has 0 aromatic rings. The summed E-state index contributed by atoms with van der Waals surface area (Å²) in [5.41, 5.74) is 0. The third-order valence-corrected chi connectivity index (χ3v) is 7.68. The Morgan fingerprint density at radius 2 is 0.694 bits per heavy atom. The molecule has 0 fully saturated rings. The smallest absolute Gasteiger partial charge is 0.0808 e. The lowest BCUT2D eigenvalue weighted by Gasteiger charge is -2.18. The van der Waals surface area contributed by atoms with Crippen molar-refractivity contribution in [3.8, 4) is 0 Å². The lowest BCUT2D eigenvalue weighted by atomic mass is 10.1.